The van der Waals surface area contributed by atoms with Gasteiger partial charge in [-0.15, -0.1) is 11.3 Å². The monoisotopic (exact) mass is 279 g/mol. The Kier molecular flexibility index (Phi) is 4.38. The molecule has 106 valence electrons. The van der Waals surface area contributed by atoms with Crippen LogP contribution in [-0.2, 0) is 6.54 Å². The third-order valence-electron chi connectivity index (χ3n) is 4.55. The lowest BCUT2D eigenvalue weighted by Gasteiger charge is -2.37. The summed E-state index contributed by atoms with van der Waals surface area (Å²) in [5.74, 6) is 0.986. The Hall–Kier alpha value is -0.610. The fourth-order valence-electron chi connectivity index (χ4n) is 3.65. The van der Waals surface area contributed by atoms with E-state index in [0.717, 1.165) is 36.6 Å². The molecule has 2 fully saturated rings. The molecule has 1 aromatic heterocycles. The Morgan fingerprint density at radius 2 is 2.26 bits per heavy atom. The Morgan fingerprint density at radius 1 is 1.37 bits per heavy atom. The molecule has 1 aliphatic carbocycles. The Balaban J connectivity index is 1.59. The number of likely N-dealkylation sites (tertiary alicyclic amines) is 1. The summed E-state index contributed by atoms with van der Waals surface area (Å²) in [5.41, 5.74) is 0. The maximum Gasteiger partial charge on any atom is 0.182 e. The summed E-state index contributed by atoms with van der Waals surface area (Å²) in [6.45, 7) is 5.63. The Morgan fingerprint density at radius 3 is 3.16 bits per heavy atom. The van der Waals surface area contributed by atoms with Crippen LogP contribution in [0.25, 0.3) is 0 Å². The largest absolute Gasteiger partial charge is 0.362 e. The van der Waals surface area contributed by atoms with Gasteiger partial charge in [-0.3, -0.25) is 4.90 Å². The van der Waals surface area contributed by atoms with Crippen LogP contribution in [0.1, 0.15) is 50.3 Å². The zero-order chi connectivity index (χ0) is 13.1. The van der Waals surface area contributed by atoms with Crippen LogP contribution in [0, 0.1) is 5.92 Å². The van der Waals surface area contributed by atoms with Crippen molar-refractivity contribution < 1.29 is 0 Å². The minimum Gasteiger partial charge on any atom is -0.362 e. The van der Waals surface area contributed by atoms with Gasteiger partial charge in [0.25, 0.3) is 0 Å². The first kappa shape index (κ1) is 13.4. The molecule has 19 heavy (non-hydrogen) atoms. The van der Waals surface area contributed by atoms with Gasteiger partial charge in [-0.1, -0.05) is 13.3 Å². The molecule has 2 atom stereocenters. The van der Waals surface area contributed by atoms with Gasteiger partial charge in [0, 0.05) is 30.2 Å². The molecule has 0 amide bonds. The van der Waals surface area contributed by atoms with E-state index in [2.05, 4.69) is 28.3 Å². The number of anilines is 1. The van der Waals surface area contributed by atoms with E-state index < -0.39 is 0 Å². The summed E-state index contributed by atoms with van der Waals surface area (Å²) in [6.07, 6.45) is 10.4. The SMILES string of the molecule is CCCNc1ncc(CN2CCCC3CCCC32)s1. The van der Waals surface area contributed by atoms with E-state index in [4.69, 9.17) is 0 Å². The molecule has 3 nitrogen and oxygen atoms in total. The molecule has 0 radical (unpaired) electrons. The van der Waals surface area contributed by atoms with Gasteiger partial charge in [0.05, 0.1) is 0 Å². The van der Waals surface area contributed by atoms with Crippen LogP contribution in [0.3, 0.4) is 0 Å². The van der Waals surface area contributed by atoms with Crippen molar-refractivity contribution in [2.24, 2.45) is 5.92 Å². The Labute approximate surface area is 120 Å². The normalized spacial score (nSPS) is 27.4. The predicted octanol–water partition coefficient (Wildman–Crippen LogP) is 3.73. The van der Waals surface area contributed by atoms with Crippen LogP contribution in [0.4, 0.5) is 5.13 Å². The van der Waals surface area contributed by atoms with E-state index in [9.17, 15) is 0 Å². The fraction of sp³-hybridized carbons (Fsp3) is 0.800. The zero-order valence-electron chi connectivity index (χ0n) is 11.9. The highest BCUT2D eigenvalue weighted by Crippen LogP contribution is 2.37. The zero-order valence-corrected chi connectivity index (χ0v) is 12.7. The lowest BCUT2D eigenvalue weighted by atomic mass is 9.92. The predicted molar refractivity (Wildman–Crippen MR) is 81.7 cm³/mol. The minimum absolute atomic E-state index is 0.864. The van der Waals surface area contributed by atoms with Crippen LogP contribution in [0.15, 0.2) is 6.20 Å². The molecule has 0 aromatic carbocycles. The number of nitrogens with zero attached hydrogens (tertiary/aromatic N) is 2. The van der Waals surface area contributed by atoms with Crippen molar-refractivity contribution in [2.45, 2.75) is 58.0 Å². The summed E-state index contributed by atoms with van der Waals surface area (Å²) < 4.78 is 0. The lowest BCUT2D eigenvalue weighted by Crippen LogP contribution is -2.41. The van der Waals surface area contributed by atoms with Gasteiger partial charge in [-0.05, 0) is 44.6 Å². The molecule has 2 heterocycles. The van der Waals surface area contributed by atoms with Crippen LogP contribution in [0.5, 0.6) is 0 Å². The number of hydrogen-bond acceptors (Lipinski definition) is 4. The van der Waals surface area contributed by atoms with E-state index >= 15 is 0 Å². The maximum absolute atomic E-state index is 4.49. The molecule has 0 bridgehead atoms. The molecular formula is C15H25N3S. The number of hydrogen-bond donors (Lipinski definition) is 1. The smallest absolute Gasteiger partial charge is 0.182 e. The molecule has 1 saturated carbocycles. The standard InChI is InChI=1S/C15H25N3S/c1-2-8-16-15-17-10-13(19-15)11-18-9-4-6-12-5-3-7-14(12)18/h10,12,14H,2-9,11H2,1H3,(H,16,17). The van der Waals surface area contributed by atoms with Crippen molar-refractivity contribution in [3.63, 3.8) is 0 Å². The first-order chi connectivity index (χ1) is 9.36. The molecule has 4 heteroatoms. The van der Waals surface area contributed by atoms with Crippen LogP contribution >= 0.6 is 11.3 Å². The van der Waals surface area contributed by atoms with Gasteiger partial charge in [0.15, 0.2) is 5.13 Å². The van der Waals surface area contributed by atoms with Gasteiger partial charge in [0.1, 0.15) is 0 Å². The van der Waals surface area contributed by atoms with E-state index in [1.54, 1.807) is 0 Å². The molecule has 0 spiro atoms. The highest BCUT2D eigenvalue weighted by atomic mass is 32.1. The average molecular weight is 279 g/mol. The van der Waals surface area contributed by atoms with Crippen molar-refractivity contribution in [2.75, 3.05) is 18.4 Å². The number of thiazole rings is 1. The second kappa shape index (κ2) is 6.23. The molecule has 1 N–H and O–H groups in total. The highest BCUT2D eigenvalue weighted by molar-refractivity contribution is 7.15. The molecule has 1 aliphatic heterocycles. The second-order valence-corrected chi connectivity index (χ2v) is 7.04. The van der Waals surface area contributed by atoms with Crippen LogP contribution in [0.2, 0.25) is 0 Å². The van der Waals surface area contributed by atoms with Crippen molar-refractivity contribution in [3.05, 3.63) is 11.1 Å². The van der Waals surface area contributed by atoms with Crippen molar-refractivity contribution >= 4 is 16.5 Å². The van der Waals surface area contributed by atoms with Gasteiger partial charge in [-0.2, -0.15) is 0 Å². The minimum atomic E-state index is 0.864. The van der Waals surface area contributed by atoms with Crippen molar-refractivity contribution in [1.29, 1.82) is 0 Å². The van der Waals surface area contributed by atoms with Crippen LogP contribution < -0.4 is 5.32 Å². The quantitative estimate of drug-likeness (QED) is 0.890. The van der Waals surface area contributed by atoms with Crippen molar-refractivity contribution in [1.82, 2.24) is 9.88 Å². The molecule has 1 aromatic rings. The first-order valence-corrected chi connectivity index (χ1v) is 8.61. The van der Waals surface area contributed by atoms with Crippen LogP contribution in [-0.4, -0.2) is 29.0 Å². The number of nitrogens with one attached hydrogen (secondary N) is 1. The summed E-state index contributed by atoms with van der Waals surface area (Å²) in [7, 11) is 0. The maximum atomic E-state index is 4.49. The first-order valence-electron chi connectivity index (χ1n) is 7.79. The molecule has 2 aliphatic rings. The highest BCUT2D eigenvalue weighted by Gasteiger charge is 2.34. The van der Waals surface area contributed by atoms with Gasteiger partial charge in [0.2, 0.25) is 0 Å². The molecule has 3 rings (SSSR count). The number of rotatable bonds is 5. The fourth-order valence-corrected chi connectivity index (χ4v) is 4.51. The van der Waals surface area contributed by atoms with E-state index in [0.29, 0.717) is 0 Å². The van der Waals surface area contributed by atoms with E-state index in [1.165, 1.54) is 43.5 Å². The van der Waals surface area contributed by atoms with Gasteiger partial charge >= 0.3 is 0 Å². The Bertz CT molecular complexity index is 404. The summed E-state index contributed by atoms with van der Waals surface area (Å²) in [4.78, 5) is 8.63. The van der Waals surface area contributed by atoms with Crippen molar-refractivity contribution in [3.8, 4) is 0 Å². The second-order valence-electron chi connectivity index (χ2n) is 5.93. The molecule has 1 saturated heterocycles. The molecule has 2 unspecified atom stereocenters. The number of piperidine rings is 1. The van der Waals surface area contributed by atoms with Gasteiger partial charge < -0.3 is 5.32 Å². The summed E-state index contributed by atoms with van der Waals surface area (Å²) in [6, 6.07) is 0.864. The topological polar surface area (TPSA) is 28.2 Å². The number of fused-ring (bicyclic) bond motifs is 1. The average Bonchev–Trinajstić information content (AvgIpc) is 3.05. The lowest BCUT2D eigenvalue weighted by molar-refractivity contribution is 0.107. The van der Waals surface area contributed by atoms with E-state index in [1.807, 2.05) is 11.3 Å². The summed E-state index contributed by atoms with van der Waals surface area (Å²) >= 11 is 1.84. The number of aromatic nitrogens is 1. The molecular weight excluding hydrogens is 254 g/mol. The van der Waals surface area contributed by atoms with E-state index in [-0.39, 0.29) is 0 Å². The van der Waals surface area contributed by atoms with Gasteiger partial charge in [-0.25, -0.2) is 4.98 Å². The third kappa shape index (κ3) is 3.11. The third-order valence-corrected chi connectivity index (χ3v) is 5.49. The summed E-state index contributed by atoms with van der Waals surface area (Å²) in [5, 5.41) is 4.48.